The molecular weight excluding hydrogens is 268 g/mol. The van der Waals surface area contributed by atoms with Crippen LogP contribution in [0.2, 0.25) is 0 Å². The molecule has 2 aliphatic carbocycles. The maximum absolute atomic E-state index is 9.25. The highest BCUT2D eigenvalue weighted by molar-refractivity contribution is 5.30. The summed E-state index contributed by atoms with van der Waals surface area (Å²) in [5.41, 5.74) is -0.206. The number of ether oxygens (including phenoxy) is 2. The Kier molecular flexibility index (Phi) is 5.46. The monoisotopic (exact) mass is 292 g/mol. The summed E-state index contributed by atoms with van der Waals surface area (Å²) in [4.78, 5) is 0. The molecule has 0 bridgehead atoms. The zero-order valence-electron chi connectivity index (χ0n) is 12.7. The Balaban J connectivity index is 1.82. The average molecular weight is 292 g/mol. The van der Waals surface area contributed by atoms with Crippen molar-refractivity contribution in [2.75, 3.05) is 13.2 Å². The van der Waals surface area contributed by atoms with Crippen LogP contribution in [0.5, 0.6) is 0 Å². The number of rotatable bonds is 5. The molecule has 0 amide bonds. The highest BCUT2D eigenvalue weighted by atomic mass is 16.5. The standard InChI is InChI=1S/C17H24O4/c1-13(20-10-9-18)3-6-17(2)7-4-15(5-8-17)21-16-11-14(19)12-16/h4-5,7,13-14,16,18-19H,8-12H2,1-2H3. The quantitative estimate of drug-likeness (QED) is 0.758. The van der Waals surface area contributed by atoms with Crippen molar-refractivity contribution in [3.63, 3.8) is 0 Å². The Hall–Kier alpha value is -1.28. The minimum atomic E-state index is -0.206. The predicted octanol–water partition coefficient (Wildman–Crippen LogP) is 1.78. The molecule has 116 valence electrons. The van der Waals surface area contributed by atoms with Gasteiger partial charge in [-0.1, -0.05) is 17.9 Å². The van der Waals surface area contributed by atoms with E-state index in [2.05, 4.69) is 30.9 Å². The van der Waals surface area contributed by atoms with E-state index in [1.54, 1.807) is 0 Å². The Morgan fingerprint density at radius 1 is 1.48 bits per heavy atom. The van der Waals surface area contributed by atoms with Gasteiger partial charge in [0.05, 0.1) is 24.7 Å². The highest BCUT2D eigenvalue weighted by Gasteiger charge is 2.30. The van der Waals surface area contributed by atoms with E-state index in [1.807, 2.05) is 13.0 Å². The second kappa shape index (κ2) is 7.13. The fraction of sp³-hybridized carbons (Fsp3) is 0.647. The molecule has 2 aliphatic rings. The second-order valence-electron chi connectivity index (χ2n) is 5.93. The van der Waals surface area contributed by atoms with Crippen LogP contribution in [0.3, 0.4) is 0 Å². The predicted molar refractivity (Wildman–Crippen MR) is 80.3 cm³/mol. The summed E-state index contributed by atoms with van der Waals surface area (Å²) in [6.45, 7) is 4.29. The first-order chi connectivity index (χ1) is 10.0. The van der Waals surface area contributed by atoms with Crippen LogP contribution in [0.15, 0.2) is 24.0 Å². The van der Waals surface area contributed by atoms with Gasteiger partial charge in [0, 0.05) is 12.8 Å². The third kappa shape index (κ3) is 4.89. The first kappa shape index (κ1) is 16.1. The molecule has 4 nitrogen and oxygen atoms in total. The van der Waals surface area contributed by atoms with Gasteiger partial charge in [0.1, 0.15) is 18.0 Å². The molecule has 0 aliphatic heterocycles. The van der Waals surface area contributed by atoms with Gasteiger partial charge < -0.3 is 19.7 Å². The molecule has 21 heavy (non-hydrogen) atoms. The van der Waals surface area contributed by atoms with Crippen LogP contribution in [0.4, 0.5) is 0 Å². The van der Waals surface area contributed by atoms with E-state index in [1.165, 1.54) is 0 Å². The van der Waals surface area contributed by atoms with Crippen LogP contribution in [-0.2, 0) is 9.47 Å². The number of hydrogen-bond acceptors (Lipinski definition) is 4. The minimum Gasteiger partial charge on any atom is -0.491 e. The summed E-state index contributed by atoms with van der Waals surface area (Å²) in [6, 6.07) is 0. The van der Waals surface area contributed by atoms with E-state index in [-0.39, 0.29) is 30.3 Å². The Bertz CT molecular complexity index is 465. The smallest absolute Gasteiger partial charge is 0.115 e. The zero-order chi connectivity index (χ0) is 15.3. The SMILES string of the molecule is CC(C#CC1(C)C=CC(OC2CC(O)C2)=CC1)OCCO. The van der Waals surface area contributed by atoms with Crippen molar-refractivity contribution >= 4 is 0 Å². The molecule has 1 fully saturated rings. The number of allylic oxidation sites excluding steroid dienone is 3. The third-order valence-electron chi connectivity index (χ3n) is 3.74. The lowest BCUT2D eigenvalue weighted by Gasteiger charge is -2.33. The van der Waals surface area contributed by atoms with E-state index in [0.717, 1.165) is 25.0 Å². The van der Waals surface area contributed by atoms with Crippen LogP contribution in [0.25, 0.3) is 0 Å². The van der Waals surface area contributed by atoms with Gasteiger partial charge in [0.25, 0.3) is 0 Å². The van der Waals surface area contributed by atoms with Crippen molar-refractivity contribution in [1.29, 1.82) is 0 Å². The molecule has 0 heterocycles. The van der Waals surface area contributed by atoms with Crippen molar-refractivity contribution in [2.24, 2.45) is 5.41 Å². The number of aliphatic hydroxyl groups excluding tert-OH is 2. The van der Waals surface area contributed by atoms with Gasteiger partial charge in [-0.15, -0.1) is 0 Å². The Morgan fingerprint density at radius 3 is 2.81 bits per heavy atom. The van der Waals surface area contributed by atoms with Crippen LogP contribution in [0, 0.1) is 17.3 Å². The topological polar surface area (TPSA) is 58.9 Å². The molecule has 0 saturated heterocycles. The summed E-state index contributed by atoms with van der Waals surface area (Å²) in [5.74, 6) is 7.18. The minimum absolute atomic E-state index is 0.0164. The van der Waals surface area contributed by atoms with Crippen molar-refractivity contribution in [3.05, 3.63) is 24.0 Å². The number of aliphatic hydroxyl groups is 2. The molecule has 0 radical (unpaired) electrons. The van der Waals surface area contributed by atoms with Crippen LogP contribution in [-0.4, -0.2) is 41.7 Å². The van der Waals surface area contributed by atoms with Crippen LogP contribution < -0.4 is 0 Å². The summed E-state index contributed by atoms with van der Waals surface area (Å²) in [5, 5.41) is 18.0. The first-order valence-corrected chi connectivity index (χ1v) is 7.50. The van der Waals surface area contributed by atoms with Crippen molar-refractivity contribution in [2.45, 2.75) is 51.4 Å². The van der Waals surface area contributed by atoms with E-state index in [0.29, 0.717) is 6.61 Å². The molecule has 2 rings (SSSR count). The summed E-state index contributed by atoms with van der Waals surface area (Å²) in [7, 11) is 0. The normalized spacial score (nSPS) is 32.5. The lowest BCUT2D eigenvalue weighted by Crippen LogP contribution is -2.35. The molecular formula is C17H24O4. The Morgan fingerprint density at radius 2 is 2.24 bits per heavy atom. The largest absolute Gasteiger partial charge is 0.491 e. The second-order valence-corrected chi connectivity index (χ2v) is 5.93. The van der Waals surface area contributed by atoms with Gasteiger partial charge in [-0.05, 0) is 32.4 Å². The van der Waals surface area contributed by atoms with Gasteiger partial charge in [-0.3, -0.25) is 0 Å². The molecule has 0 spiro atoms. The van der Waals surface area contributed by atoms with E-state index < -0.39 is 0 Å². The van der Waals surface area contributed by atoms with Crippen molar-refractivity contribution in [1.82, 2.24) is 0 Å². The van der Waals surface area contributed by atoms with Crippen molar-refractivity contribution < 1.29 is 19.7 Å². The maximum Gasteiger partial charge on any atom is 0.115 e. The fourth-order valence-electron chi connectivity index (χ4n) is 2.26. The zero-order valence-corrected chi connectivity index (χ0v) is 12.7. The number of hydrogen-bond donors (Lipinski definition) is 2. The summed E-state index contributed by atoms with van der Waals surface area (Å²) in [6.07, 6.45) is 8.10. The summed E-state index contributed by atoms with van der Waals surface area (Å²) >= 11 is 0. The lowest BCUT2D eigenvalue weighted by molar-refractivity contribution is -0.0407. The van der Waals surface area contributed by atoms with Gasteiger partial charge >= 0.3 is 0 Å². The van der Waals surface area contributed by atoms with Gasteiger partial charge in [0.15, 0.2) is 0 Å². The molecule has 0 aromatic heterocycles. The first-order valence-electron chi connectivity index (χ1n) is 7.50. The lowest BCUT2D eigenvalue weighted by atomic mass is 9.84. The molecule has 2 N–H and O–H groups in total. The van der Waals surface area contributed by atoms with E-state index in [9.17, 15) is 5.11 Å². The van der Waals surface area contributed by atoms with Gasteiger partial charge in [-0.2, -0.15) is 0 Å². The highest BCUT2D eigenvalue weighted by Crippen LogP contribution is 2.32. The summed E-state index contributed by atoms with van der Waals surface area (Å²) < 4.78 is 11.1. The molecule has 2 atom stereocenters. The van der Waals surface area contributed by atoms with Crippen LogP contribution in [0.1, 0.15) is 33.1 Å². The van der Waals surface area contributed by atoms with Crippen molar-refractivity contribution in [3.8, 4) is 11.8 Å². The van der Waals surface area contributed by atoms with E-state index >= 15 is 0 Å². The maximum atomic E-state index is 9.25. The van der Waals surface area contributed by atoms with Gasteiger partial charge in [0.2, 0.25) is 0 Å². The third-order valence-corrected chi connectivity index (χ3v) is 3.74. The molecule has 4 heteroatoms. The Labute approximate surface area is 126 Å². The molecule has 2 unspecified atom stereocenters. The van der Waals surface area contributed by atoms with Crippen LogP contribution >= 0.6 is 0 Å². The fourth-order valence-corrected chi connectivity index (χ4v) is 2.26. The molecule has 1 saturated carbocycles. The van der Waals surface area contributed by atoms with E-state index in [4.69, 9.17) is 14.6 Å². The molecule has 0 aromatic carbocycles. The van der Waals surface area contributed by atoms with Gasteiger partial charge in [-0.25, -0.2) is 0 Å². The average Bonchev–Trinajstić information content (AvgIpc) is 2.44. The molecule has 0 aromatic rings.